The van der Waals surface area contributed by atoms with E-state index in [2.05, 4.69) is 10.0 Å². The van der Waals surface area contributed by atoms with E-state index < -0.39 is 46.3 Å². The van der Waals surface area contributed by atoms with E-state index in [9.17, 15) is 22.4 Å². The fourth-order valence-electron chi connectivity index (χ4n) is 2.84. The van der Waals surface area contributed by atoms with E-state index in [1.807, 2.05) is 0 Å². The van der Waals surface area contributed by atoms with Crippen LogP contribution >= 0.6 is 0 Å². The van der Waals surface area contributed by atoms with E-state index >= 15 is 0 Å². The molecule has 9 nitrogen and oxygen atoms in total. The maximum Gasteiger partial charge on any atom is 0.324 e. The van der Waals surface area contributed by atoms with Crippen molar-refractivity contribution in [2.24, 2.45) is 5.92 Å². The summed E-state index contributed by atoms with van der Waals surface area (Å²) in [6.45, 7) is 3.30. The zero-order valence-electron chi connectivity index (χ0n) is 17.5. The summed E-state index contributed by atoms with van der Waals surface area (Å²) in [7, 11) is -4.10. The van der Waals surface area contributed by atoms with Gasteiger partial charge in [-0.1, -0.05) is 13.8 Å². The summed E-state index contributed by atoms with van der Waals surface area (Å²) >= 11 is 0. The van der Waals surface area contributed by atoms with Crippen LogP contribution in [0.4, 0.5) is 10.1 Å². The molecule has 1 heterocycles. The molecule has 1 aliphatic rings. The summed E-state index contributed by atoms with van der Waals surface area (Å²) < 4.78 is 56.7. The number of carbonyl (C=O) groups excluding carboxylic acids is 2. The van der Waals surface area contributed by atoms with Gasteiger partial charge in [0.05, 0.1) is 4.90 Å². The highest BCUT2D eigenvalue weighted by atomic mass is 32.2. The molecule has 1 amide bonds. The lowest BCUT2D eigenvalue weighted by Gasteiger charge is -2.22. The number of ether oxygens (including phenoxy) is 3. The number of fused-ring (bicyclic) bond motifs is 1. The molecular formula is C21H23FN2O7S. The van der Waals surface area contributed by atoms with Crippen LogP contribution in [0.15, 0.2) is 47.4 Å². The number of hydrogen-bond acceptors (Lipinski definition) is 7. The van der Waals surface area contributed by atoms with Crippen molar-refractivity contribution in [3.05, 3.63) is 48.3 Å². The number of anilines is 1. The van der Waals surface area contributed by atoms with E-state index in [-0.39, 0.29) is 4.90 Å². The molecule has 0 aromatic heterocycles. The third-order valence-electron chi connectivity index (χ3n) is 4.50. The maximum atomic E-state index is 12.9. The fourth-order valence-corrected chi connectivity index (χ4v) is 4.19. The standard InChI is InChI=1S/C21H23FN2O7S/c1-13(2)20(21(26)31-12-19(25)23-15-5-3-14(22)4-6-15)24-32(27,28)16-7-8-17-18(11-16)30-10-9-29-17/h3-8,11,13,20,24H,9-10,12H2,1-2H3,(H,23,25)/t20-/m0/s1. The van der Waals surface area contributed by atoms with E-state index in [0.29, 0.717) is 30.4 Å². The average Bonchev–Trinajstić information content (AvgIpc) is 2.77. The van der Waals surface area contributed by atoms with Gasteiger partial charge in [-0.3, -0.25) is 9.59 Å². The Bertz CT molecular complexity index is 1090. The zero-order chi connectivity index (χ0) is 23.3. The number of halogens is 1. The van der Waals surface area contributed by atoms with E-state index in [0.717, 1.165) is 0 Å². The van der Waals surface area contributed by atoms with Crippen LogP contribution in [0.1, 0.15) is 13.8 Å². The Hall–Kier alpha value is -3.18. The molecule has 1 aliphatic heterocycles. The first kappa shape index (κ1) is 23.5. The molecule has 2 N–H and O–H groups in total. The van der Waals surface area contributed by atoms with E-state index in [1.54, 1.807) is 13.8 Å². The second-order valence-corrected chi connectivity index (χ2v) is 9.03. The second-order valence-electron chi connectivity index (χ2n) is 7.31. The van der Waals surface area contributed by atoms with Crippen molar-refractivity contribution < 1.29 is 36.6 Å². The molecule has 0 unspecified atom stereocenters. The minimum Gasteiger partial charge on any atom is -0.486 e. The van der Waals surface area contributed by atoms with Crippen LogP contribution in [0.2, 0.25) is 0 Å². The SMILES string of the molecule is CC(C)[C@H](NS(=O)(=O)c1ccc2c(c1)OCCO2)C(=O)OCC(=O)Nc1ccc(F)cc1. The van der Waals surface area contributed by atoms with Gasteiger partial charge in [-0.2, -0.15) is 4.72 Å². The van der Waals surface area contributed by atoms with Gasteiger partial charge in [0.25, 0.3) is 5.91 Å². The molecule has 0 fully saturated rings. The quantitative estimate of drug-likeness (QED) is 0.572. The first-order valence-corrected chi connectivity index (χ1v) is 11.3. The number of amides is 1. The number of nitrogens with one attached hydrogen (secondary N) is 2. The number of sulfonamides is 1. The Morgan fingerprint density at radius 2 is 1.72 bits per heavy atom. The van der Waals surface area contributed by atoms with Crippen LogP contribution in [0.25, 0.3) is 0 Å². The topological polar surface area (TPSA) is 120 Å². The summed E-state index contributed by atoms with van der Waals surface area (Å²) in [6.07, 6.45) is 0. The zero-order valence-corrected chi connectivity index (χ0v) is 18.3. The molecule has 0 aliphatic carbocycles. The molecule has 0 bridgehead atoms. The van der Waals surface area contributed by atoms with Gasteiger partial charge in [-0.05, 0) is 42.3 Å². The highest BCUT2D eigenvalue weighted by molar-refractivity contribution is 7.89. The predicted molar refractivity (Wildman–Crippen MR) is 112 cm³/mol. The number of carbonyl (C=O) groups is 2. The Labute approximate surface area is 184 Å². The van der Waals surface area contributed by atoms with Gasteiger partial charge in [-0.15, -0.1) is 0 Å². The Balaban J connectivity index is 1.63. The van der Waals surface area contributed by atoms with Crippen LogP contribution in [0.3, 0.4) is 0 Å². The van der Waals surface area contributed by atoms with Crippen LogP contribution in [0.5, 0.6) is 11.5 Å². The summed E-state index contributed by atoms with van der Waals surface area (Å²) in [5.41, 5.74) is 0.326. The number of benzene rings is 2. The molecule has 2 aromatic carbocycles. The Morgan fingerprint density at radius 3 is 2.38 bits per heavy atom. The highest BCUT2D eigenvalue weighted by Gasteiger charge is 2.31. The lowest BCUT2D eigenvalue weighted by Crippen LogP contribution is -2.45. The summed E-state index contributed by atoms with van der Waals surface area (Å²) in [5, 5.41) is 2.45. The van der Waals surface area contributed by atoms with Crippen LogP contribution in [0, 0.1) is 11.7 Å². The minimum atomic E-state index is -4.10. The smallest absolute Gasteiger partial charge is 0.324 e. The number of esters is 1. The summed E-state index contributed by atoms with van der Waals surface area (Å²) in [6, 6.07) is 7.95. The first-order valence-electron chi connectivity index (χ1n) is 9.80. The van der Waals surface area contributed by atoms with Crippen molar-refractivity contribution in [3.63, 3.8) is 0 Å². The maximum absolute atomic E-state index is 12.9. The largest absolute Gasteiger partial charge is 0.486 e. The molecule has 32 heavy (non-hydrogen) atoms. The van der Waals surface area contributed by atoms with Gasteiger partial charge in [0.1, 0.15) is 25.1 Å². The van der Waals surface area contributed by atoms with Crippen LogP contribution in [-0.4, -0.2) is 46.2 Å². The first-order chi connectivity index (χ1) is 15.2. The van der Waals surface area contributed by atoms with Crippen LogP contribution < -0.4 is 19.5 Å². The van der Waals surface area contributed by atoms with Gasteiger partial charge in [0, 0.05) is 11.8 Å². The second kappa shape index (κ2) is 9.96. The lowest BCUT2D eigenvalue weighted by atomic mass is 10.1. The average molecular weight is 466 g/mol. The van der Waals surface area contributed by atoms with Crippen molar-refractivity contribution in [3.8, 4) is 11.5 Å². The van der Waals surface area contributed by atoms with Crippen molar-refractivity contribution >= 4 is 27.6 Å². The van der Waals surface area contributed by atoms with E-state index in [1.165, 1.54) is 42.5 Å². The molecule has 172 valence electrons. The number of hydrogen-bond donors (Lipinski definition) is 2. The number of rotatable bonds is 8. The van der Waals surface area contributed by atoms with Crippen LogP contribution in [-0.2, 0) is 24.3 Å². The highest BCUT2D eigenvalue weighted by Crippen LogP contribution is 2.32. The van der Waals surface area contributed by atoms with Gasteiger partial charge < -0.3 is 19.5 Å². The molecule has 2 aromatic rings. The predicted octanol–water partition coefficient (Wildman–Crippen LogP) is 2.08. The van der Waals surface area contributed by atoms with E-state index in [4.69, 9.17) is 14.2 Å². The molecular weight excluding hydrogens is 443 g/mol. The lowest BCUT2D eigenvalue weighted by molar-refractivity contribution is -0.150. The van der Waals surface area contributed by atoms with Gasteiger partial charge in [0.15, 0.2) is 18.1 Å². The van der Waals surface area contributed by atoms with Gasteiger partial charge in [-0.25, -0.2) is 12.8 Å². The van der Waals surface area contributed by atoms with Gasteiger partial charge >= 0.3 is 5.97 Å². The molecule has 3 rings (SSSR count). The van der Waals surface area contributed by atoms with Crippen molar-refractivity contribution in [1.29, 1.82) is 0 Å². The molecule has 0 radical (unpaired) electrons. The molecule has 0 saturated carbocycles. The van der Waals surface area contributed by atoms with Crippen molar-refractivity contribution in [2.75, 3.05) is 25.1 Å². The normalized spacial score (nSPS) is 14.0. The van der Waals surface area contributed by atoms with Gasteiger partial charge in [0.2, 0.25) is 10.0 Å². The summed E-state index contributed by atoms with van der Waals surface area (Å²) in [5.74, 6) is -1.76. The van der Waals surface area contributed by atoms with Crippen molar-refractivity contribution in [1.82, 2.24) is 4.72 Å². The summed E-state index contributed by atoms with van der Waals surface area (Å²) in [4.78, 5) is 24.4. The molecule has 0 saturated heterocycles. The van der Waals surface area contributed by atoms with Crippen molar-refractivity contribution in [2.45, 2.75) is 24.8 Å². The molecule has 11 heteroatoms. The molecule has 1 atom stereocenters. The fraction of sp³-hybridized carbons (Fsp3) is 0.333. The third kappa shape index (κ3) is 5.95. The molecule has 0 spiro atoms. The Kier molecular flexibility index (Phi) is 7.31. The Morgan fingerprint density at radius 1 is 1.06 bits per heavy atom. The monoisotopic (exact) mass is 466 g/mol. The minimum absolute atomic E-state index is 0.103. The third-order valence-corrected chi connectivity index (χ3v) is 5.94.